The van der Waals surface area contributed by atoms with Crippen LogP contribution in [0.15, 0.2) is 36.7 Å². The molecule has 108 valence electrons. The summed E-state index contributed by atoms with van der Waals surface area (Å²) in [5, 5.41) is 8.61. The standard InChI is InChI=1S/C14H16N6S/c1-20-9-17-11(18-20)7-8-16-14-12(13(15)19-21-14)10-5-3-2-4-6-10/h2-6,9,16H,7-8H2,1H3,(H2,15,19). The van der Waals surface area contributed by atoms with Crippen molar-refractivity contribution >= 4 is 22.4 Å². The molecule has 2 aromatic heterocycles. The van der Waals surface area contributed by atoms with Crippen LogP contribution in [0, 0.1) is 0 Å². The third-order valence-electron chi connectivity index (χ3n) is 3.06. The Hall–Kier alpha value is -2.41. The molecule has 0 spiro atoms. The van der Waals surface area contributed by atoms with Crippen molar-refractivity contribution in [1.82, 2.24) is 19.1 Å². The van der Waals surface area contributed by atoms with Crippen molar-refractivity contribution in [3.63, 3.8) is 0 Å². The largest absolute Gasteiger partial charge is 0.382 e. The van der Waals surface area contributed by atoms with Crippen molar-refractivity contribution in [1.29, 1.82) is 0 Å². The molecule has 0 radical (unpaired) electrons. The van der Waals surface area contributed by atoms with Gasteiger partial charge in [0, 0.05) is 20.0 Å². The second-order valence-electron chi connectivity index (χ2n) is 4.65. The highest BCUT2D eigenvalue weighted by atomic mass is 32.1. The quantitative estimate of drug-likeness (QED) is 0.754. The zero-order valence-corrected chi connectivity index (χ0v) is 12.5. The maximum Gasteiger partial charge on any atom is 0.152 e. The Morgan fingerprint density at radius 2 is 2.10 bits per heavy atom. The third kappa shape index (κ3) is 3.03. The van der Waals surface area contributed by atoms with Gasteiger partial charge in [0.1, 0.15) is 17.1 Å². The van der Waals surface area contributed by atoms with Crippen molar-refractivity contribution in [2.45, 2.75) is 6.42 Å². The lowest BCUT2D eigenvalue weighted by Gasteiger charge is -2.06. The average molecular weight is 300 g/mol. The molecule has 3 N–H and O–H groups in total. The van der Waals surface area contributed by atoms with Gasteiger partial charge in [-0.25, -0.2) is 4.98 Å². The molecule has 6 nitrogen and oxygen atoms in total. The van der Waals surface area contributed by atoms with Gasteiger partial charge in [0.15, 0.2) is 5.82 Å². The van der Waals surface area contributed by atoms with Gasteiger partial charge < -0.3 is 11.1 Å². The Morgan fingerprint density at radius 1 is 1.29 bits per heavy atom. The zero-order valence-electron chi connectivity index (χ0n) is 11.7. The summed E-state index contributed by atoms with van der Waals surface area (Å²) in [5.74, 6) is 1.38. The average Bonchev–Trinajstić information content (AvgIpc) is 3.06. The van der Waals surface area contributed by atoms with E-state index in [2.05, 4.69) is 19.8 Å². The first-order valence-corrected chi connectivity index (χ1v) is 7.40. The topological polar surface area (TPSA) is 81.7 Å². The van der Waals surface area contributed by atoms with E-state index >= 15 is 0 Å². The molecule has 0 atom stereocenters. The number of anilines is 2. The lowest BCUT2D eigenvalue weighted by molar-refractivity contribution is 0.742. The van der Waals surface area contributed by atoms with Crippen molar-refractivity contribution in [3.8, 4) is 11.1 Å². The number of nitrogens with one attached hydrogen (secondary N) is 1. The number of nitrogens with zero attached hydrogens (tertiary/aromatic N) is 4. The van der Waals surface area contributed by atoms with Gasteiger partial charge in [0.05, 0.1) is 5.56 Å². The van der Waals surface area contributed by atoms with Crippen molar-refractivity contribution < 1.29 is 0 Å². The van der Waals surface area contributed by atoms with Gasteiger partial charge in [-0.05, 0) is 17.1 Å². The van der Waals surface area contributed by atoms with Crippen LogP contribution in [0.1, 0.15) is 5.82 Å². The summed E-state index contributed by atoms with van der Waals surface area (Å²) >= 11 is 1.38. The fraction of sp³-hybridized carbons (Fsp3) is 0.214. The summed E-state index contributed by atoms with van der Waals surface area (Å²) in [6, 6.07) is 10.0. The molecule has 21 heavy (non-hydrogen) atoms. The van der Waals surface area contributed by atoms with E-state index in [0.29, 0.717) is 5.82 Å². The fourth-order valence-corrected chi connectivity index (χ4v) is 2.85. The first-order chi connectivity index (χ1) is 10.2. The molecule has 7 heteroatoms. The molecule has 0 aliphatic carbocycles. The van der Waals surface area contributed by atoms with Gasteiger partial charge in [-0.2, -0.15) is 9.47 Å². The Labute approximate surface area is 126 Å². The maximum absolute atomic E-state index is 5.99. The monoisotopic (exact) mass is 300 g/mol. The Morgan fingerprint density at radius 3 is 2.81 bits per heavy atom. The van der Waals surface area contributed by atoms with E-state index in [4.69, 9.17) is 5.73 Å². The van der Waals surface area contributed by atoms with E-state index in [1.807, 2.05) is 37.4 Å². The fourth-order valence-electron chi connectivity index (χ4n) is 2.09. The molecule has 2 heterocycles. The number of aryl methyl sites for hydroxylation is 1. The van der Waals surface area contributed by atoms with E-state index in [1.54, 1.807) is 11.0 Å². The van der Waals surface area contributed by atoms with Crippen LogP contribution in [0.5, 0.6) is 0 Å². The molecule has 0 amide bonds. The normalized spacial score (nSPS) is 10.7. The van der Waals surface area contributed by atoms with E-state index in [-0.39, 0.29) is 0 Å². The minimum atomic E-state index is 0.560. The summed E-state index contributed by atoms with van der Waals surface area (Å²) in [4.78, 5) is 4.21. The lowest BCUT2D eigenvalue weighted by Crippen LogP contribution is -2.06. The maximum atomic E-state index is 5.99. The van der Waals surface area contributed by atoms with Gasteiger partial charge in [0.2, 0.25) is 0 Å². The van der Waals surface area contributed by atoms with Gasteiger partial charge >= 0.3 is 0 Å². The zero-order chi connectivity index (χ0) is 14.7. The van der Waals surface area contributed by atoms with Crippen LogP contribution in [0.4, 0.5) is 10.8 Å². The third-order valence-corrected chi connectivity index (χ3v) is 3.88. The SMILES string of the molecule is Cn1cnc(CCNc2snc(N)c2-c2ccccc2)n1. The minimum Gasteiger partial charge on any atom is -0.382 e. The van der Waals surface area contributed by atoms with Gasteiger partial charge in [-0.15, -0.1) is 0 Å². The first-order valence-electron chi connectivity index (χ1n) is 6.63. The minimum absolute atomic E-state index is 0.560. The highest BCUT2D eigenvalue weighted by molar-refractivity contribution is 7.11. The highest BCUT2D eigenvalue weighted by Crippen LogP contribution is 2.36. The van der Waals surface area contributed by atoms with Crippen LogP contribution >= 0.6 is 11.5 Å². The Kier molecular flexibility index (Phi) is 3.83. The van der Waals surface area contributed by atoms with Gasteiger partial charge in [-0.1, -0.05) is 30.3 Å². The van der Waals surface area contributed by atoms with E-state index in [0.717, 1.165) is 34.9 Å². The predicted molar refractivity (Wildman–Crippen MR) is 85.2 cm³/mol. The number of hydrogen-bond donors (Lipinski definition) is 2. The number of hydrogen-bond acceptors (Lipinski definition) is 6. The molecule has 0 saturated heterocycles. The molecule has 3 aromatic rings. The predicted octanol–water partition coefficient (Wildman–Crippen LogP) is 2.18. The summed E-state index contributed by atoms with van der Waals surface area (Å²) in [7, 11) is 1.86. The van der Waals surface area contributed by atoms with E-state index < -0.39 is 0 Å². The van der Waals surface area contributed by atoms with Gasteiger partial charge in [-0.3, -0.25) is 4.68 Å². The summed E-state index contributed by atoms with van der Waals surface area (Å²) in [6.07, 6.45) is 2.46. The summed E-state index contributed by atoms with van der Waals surface area (Å²) in [5.41, 5.74) is 8.03. The molecule has 3 rings (SSSR count). The Bertz CT molecular complexity index is 718. The van der Waals surface area contributed by atoms with E-state index in [1.165, 1.54) is 11.5 Å². The van der Waals surface area contributed by atoms with Crippen LogP contribution in [0.2, 0.25) is 0 Å². The Balaban J connectivity index is 1.72. The smallest absolute Gasteiger partial charge is 0.152 e. The molecular formula is C14H16N6S. The molecular weight excluding hydrogens is 284 g/mol. The lowest BCUT2D eigenvalue weighted by atomic mass is 10.1. The first kappa shape index (κ1) is 13.6. The van der Waals surface area contributed by atoms with Crippen molar-refractivity contribution in [2.24, 2.45) is 7.05 Å². The van der Waals surface area contributed by atoms with Crippen LogP contribution < -0.4 is 11.1 Å². The summed E-state index contributed by atoms with van der Waals surface area (Å²) < 4.78 is 5.95. The summed E-state index contributed by atoms with van der Waals surface area (Å²) in [6.45, 7) is 0.742. The molecule has 1 aromatic carbocycles. The van der Waals surface area contributed by atoms with Crippen LogP contribution in [-0.2, 0) is 13.5 Å². The molecule has 0 unspecified atom stereocenters. The molecule has 0 fully saturated rings. The van der Waals surface area contributed by atoms with Crippen molar-refractivity contribution in [2.75, 3.05) is 17.6 Å². The van der Waals surface area contributed by atoms with Crippen LogP contribution in [0.25, 0.3) is 11.1 Å². The molecule has 0 bridgehead atoms. The highest BCUT2D eigenvalue weighted by Gasteiger charge is 2.13. The van der Waals surface area contributed by atoms with Crippen LogP contribution in [-0.4, -0.2) is 25.7 Å². The van der Waals surface area contributed by atoms with Crippen molar-refractivity contribution in [3.05, 3.63) is 42.5 Å². The molecule has 0 saturated carbocycles. The number of aromatic nitrogens is 4. The number of nitrogen functional groups attached to an aromatic ring is 1. The second-order valence-corrected chi connectivity index (χ2v) is 5.42. The molecule has 0 aliphatic rings. The number of rotatable bonds is 5. The number of nitrogens with two attached hydrogens (primary N) is 1. The van der Waals surface area contributed by atoms with Crippen LogP contribution in [0.3, 0.4) is 0 Å². The number of benzene rings is 1. The molecule has 0 aliphatic heterocycles. The second kappa shape index (κ2) is 5.92. The van der Waals surface area contributed by atoms with Gasteiger partial charge in [0.25, 0.3) is 0 Å². The van der Waals surface area contributed by atoms with E-state index in [9.17, 15) is 0 Å².